The number of ether oxygens (including phenoxy) is 1. The SMILES string of the molecule is CCNC(=O)c1ccc(-n2ncc(-c3ccnc(OC)c3)c2O)nc1. The molecule has 0 bridgehead atoms. The lowest BCUT2D eigenvalue weighted by molar-refractivity contribution is 0.0955. The molecular weight excluding hydrogens is 322 g/mol. The number of nitrogens with one attached hydrogen (secondary N) is 1. The van der Waals surface area contributed by atoms with Crippen LogP contribution in [-0.4, -0.2) is 44.4 Å². The van der Waals surface area contributed by atoms with Gasteiger partial charge in [-0.15, -0.1) is 0 Å². The molecule has 0 aliphatic carbocycles. The summed E-state index contributed by atoms with van der Waals surface area (Å²) in [5.41, 5.74) is 1.68. The molecule has 0 saturated carbocycles. The molecule has 2 N–H and O–H groups in total. The summed E-state index contributed by atoms with van der Waals surface area (Å²) >= 11 is 0. The number of hydrogen-bond acceptors (Lipinski definition) is 6. The molecule has 128 valence electrons. The van der Waals surface area contributed by atoms with E-state index in [1.54, 1.807) is 30.5 Å². The van der Waals surface area contributed by atoms with Gasteiger partial charge in [-0.05, 0) is 30.7 Å². The Morgan fingerprint density at radius 3 is 2.80 bits per heavy atom. The Morgan fingerprint density at radius 2 is 2.12 bits per heavy atom. The van der Waals surface area contributed by atoms with Crippen molar-refractivity contribution in [2.75, 3.05) is 13.7 Å². The smallest absolute Gasteiger partial charge is 0.252 e. The van der Waals surface area contributed by atoms with Crippen LogP contribution in [0.15, 0.2) is 42.9 Å². The van der Waals surface area contributed by atoms with Crippen molar-refractivity contribution >= 4 is 5.91 Å². The summed E-state index contributed by atoms with van der Waals surface area (Å²) in [7, 11) is 1.52. The van der Waals surface area contributed by atoms with Gasteiger partial charge in [0.05, 0.1) is 24.4 Å². The van der Waals surface area contributed by atoms with Gasteiger partial charge in [-0.25, -0.2) is 9.97 Å². The Hall–Kier alpha value is -3.42. The summed E-state index contributed by atoms with van der Waals surface area (Å²) in [4.78, 5) is 20.0. The molecule has 0 spiro atoms. The van der Waals surface area contributed by atoms with Crippen LogP contribution >= 0.6 is 0 Å². The fourth-order valence-electron chi connectivity index (χ4n) is 2.31. The summed E-state index contributed by atoms with van der Waals surface area (Å²) in [5, 5.41) is 17.4. The van der Waals surface area contributed by atoms with Crippen LogP contribution < -0.4 is 10.1 Å². The first-order chi connectivity index (χ1) is 12.1. The number of pyridine rings is 2. The van der Waals surface area contributed by atoms with E-state index in [1.807, 2.05) is 6.92 Å². The minimum Gasteiger partial charge on any atom is -0.493 e. The number of aromatic nitrogens is 4. The molecule has 0 atom stereocenters. The predicted molar refractivity (Wildman–Crippen MR) is 90.8 cm³/mol. The Balaban J connectivity index is 1.91. The first kappa shape index (κ1) is 16.4. The lowest BCUT2D eigenvalue weighted by Crippen LogP contribution is -2.22. The van der Waals surface area contributed by atoms with Gasteiger partial charge in [0.15, 0.2) is 5.82 Å². The van der Waals surface area contributed by atoms with Gasteiger partial charge < -0.3 is 15.2 Å². The van der Waals surface area contributed by atoms with E-state index in [2.05, 4.69) is 20.4 Å². The number of methoxy groups -OCH3 is 1. The molecule has 1 amide bonds. The van der Waals surface area contributed by atoms with E-state index in [9.17, 15) is 9.90 Å². The van der Waals surface area contributed by atoms with E-state index in [1.165, 1.54) is 24.2 Å². The first-order valence-electron chi connectivity index (χ1n) is 7.66. The predicted octanol–water partition coefficient (Wildman–Crippen LogP) is 1.79. The molecule has 0 aliphatic rings. The molecule has 0 aromatic carbocycles. The Morgan fingerprint density at radius 1 is 1.28 bits per heavy atom. The van der Waals surface area contributed by atoms with Gasteiger partial charge in [-0.1, -0.05) is 0 Å². The largest absolute Gasteiger partial charge is 0.493 e. The monoisotopic (exact) mass is 339 g/mol. The fourth-order valence-corrected chi connectivity index (χ4v) is 2.31. The molecule has 3 aromatic rings. The minimum absolute atomic E-state index is 0.0634. The molecular formula is C17H17N5O3. The van der Waals surface area contributed by atoms with Crippen LogP contribution in [0.5, 0.6) is 11.8 Å². The van der Waals surface area contributed by atoms with Crippen LogP contribution in [0.25, 0.3) is 16.9 Å². The third-order valence-corrected chi connectivity index (χ3v) is 3.56. The Bertz CT molecular complexity index is 890. The van der Waals surface area contributed by atoms with E-state index in [0.717, 1.165) is 5.56 Å². The third kappa shape index (κ3) is 3.27. The molecule has 25 heavy (non-hydrogen) atoms. The molecule has 0 saturated heterocycles. The Kier molecular flexibility index (Phi) is 4.60. The van der Waals surface area contributed by atoms with Gasteiger partial charge in [0.1, 0.15) is 0 Å². The van der Waals surface area contributed by atoms with Gasteiger partial charge in [0, 0.05) is 25.0 Å². The number of nitrogens with zero attached hydrogens (tertiary/aromatic N) is 4. The van der Waals surface area contributed by atoms with Crippen molar-refractivity contribution in [3.05, 3.63) is 48.4 Å². The van der Waals surface area contributed by atoms with Gasteiger partial charge in [0.25, 0.3) is 5.91 Å². The summed E-state index contributed by atoms with van der Waals surface area (Å²) in [6.45, 7) is 2.39. The average molecular weight is 339 g/mol. The summed E-state index contributed by atoms with van der Waals surface area (Å²) in [6.07, 6.45) is 4.56. The molecule has 0 radical (unpaired) electrons. The zero-order valence-electron chi connectivity index (χ0n) is 13.8. The normalized spacial score (nSPS) is 10.5. The minimum atomic E-state index is -0.198. The number of rotatable bonds is 5. The molecule has 3 heterocycles. The highest BCUT2D eigenvalue weighted by molar-refractivity contribution is 5.93. The van der Waals surface area contributed by atoms with E-state index in [-0.39, 0.29) is 11.8 Å². The van der Waals surface area contributed by atoms with Gasteiger partial charge >= 0.3 is 0 Å². The van der Waals surface area contributed by atoms with E-state index in [4.69, 9.17) is 4.74 Å². The van der Waals surface area contributed by atoms with Crippen LogP contribution in [0.4, 0.5) is 0 Å². The van der Waals surface area contributed by atoms with E-state index in [0.29, 0.717) is 29.4 Å². The number of carbonyl (C=O) groups excluding carboxylic acids is 1. The first-order valence-corrected chi connectivity index (χ1v) is 7.66. The molecule has 0 unspecified atom stereocenters. The van der Waals surface area contributed by atoms with Gasteiger partial charge in [0.2, 0.25) is 11.8 Å². The second-order valence-electron chi connectivity index (χ2n) is 5.15. The second-order valence-corrected chi connectivity index (χ2v) is 5.15. The van der Waals surface area contributed by atoms with Crippen LogP contribution in [-0.2, 0) is 0 Å². The average Bonchev–Trinajstić information content (AvgIpc) is 3.03. The molecule has 0 aliphatic heterocycles. The fraction of sp³-hybridized carbons (Fsp3) is 0.176. The molecule has 8 nitrogen and oxygen atoms in total. The lowest BCUT2D eigenvalue weighted by atomic mass is 10.1. The summed E-state index contributed by atoms with van der Waals surface area (Å²) < 4.78 is 6.39. The number of amides is 1. The highest BCUT2D eigenvalue weighted by Gasteiger charge is 2.15. The number of aromatic hydroxyl groups is 1. The van der Waals surface area contributed by atoms with E-state index >= 15 is 0 Å². The summed E-state index contributed by atoms with van der Waals surface area (Å²) in [6, 6.07) is 6.69. The van der Waals surface area contributed by atoms with Crippen molar-refractivity contribution in [1.82, 2.24) is 25.1 Å². The lowest BCUT2D eigenvalue weighted by Gasteiger charge is -2.06. The second kappa shape index (κ2) is 7.00. The van der Waals surface area contributed by atoms with Gasteiger partial charge in [-0.3, -0.25) is 4.79 Å². The highest BCUT2D eigenvalue weighted by atomic mass is 16.5. The maximum Gasteiger partial charge on any atom is 0.252 e. The van der Waals surface area contributed by atoms with E-state index < -0.39 is 0 Å². The van der Waals surface area contributed by atoms with Crippen LogP contribution in [0, 0.1) is 0 Å². The quantitative estimate of drug-likeness (QED) is 0.735. The van der Waals surface area contributed by atoms with Crippen molar-refractivity contribution in [1.29, 1.82) is 0 Å². The van der Waals surface area contributed by atoms with Crippen LogP contribution in [0.3, 0.4) is 0 Å². The van der Waals surface area contributed by atoms with Crippen molar-refractivity contribution < 1.29 is 14.6 Å². The number of hydrogen-bond donors (Lipinski definition) is 2. The van der Waals surface area contributed by atoms with Crippen molar-refractivity contribution in [2.45, 2.75) is 6.92 Å². The standard InChI is InChI=1S/C17H17N5O3/c1-3-18-16(23)12-4-5-14(20-9-12)22-17(24)13(10-21-22)11-6-7-19-15(8-11)25-2/h4-10,24H,3H2,1-2H3,(H,18,23). The van der Waals surface area contributed by atoms with Crippen LogP contribution in [0.2, 0.25) is 0 Å². The van der Waals surface area contributed by atoms with Crippen LogP contribution in [0.1, 0.15) is 17.3 Å². The summed E-state index contributed by atoms with van der Waals surface area (Å²) in [5.74, 6) is 0.578. The zero-order chi connectivity index (χ0) is 17.8. The van der Waals surface area contributed by atoms with Crippen molar-refractivity contribution in [3.63, 3.8) is 0 Å². The zero-order valence-corrected chi connectivity index (χ0v) is 13.8. The molecule has 3 rings (SSSR count). The maximum atomic E-state index is 11.8. The number of carbonyl (C=O) groups is 1. The molecule has 3 aromatic heterocycles. The molecule has 0 fully saturated rings. The highest BCUT2D eigenvalue weighted by Crippen LogP contribution is 2.31. The maximum absolute atomic E-state index is 11.8. The Labute approximate surface area is 144 Å². The topological polar surface area (TPSA) is 102 Å². The molecule has 8 heteroatoms. The van der Waals surface area contributed by atoms with Crippen molar-refractivity contribution in [2.24, 2.45) is 0 Å². The third-order valence-electron chi connectivity index (χ3n) is 3.56. The van der Waals surface area contributed by atoms with Gasteiger partial charge in [-0.2, -0.15) is 9.78 Å². The van der Waals surface area contributed by atoms with Crippen molar-refractivity contribution in [3.8, 4) is 28.7 Å².